The highest BCUT2D eigenvalue weighted by molar-refractivity contribution is 5.94. The Kier molecular flexibility index (Phi) is 4.56. The summed E-state index contributed by atoms with van der Waals surface area (Å²) in [5.74, 6) is -1.96. The first-order valence-electron chi connectivity index (χ1n) is 8.74. The van der Waals surface area contributed by atoms with E-state index in [0.29, 0.717) is 29.0 Å². The van der Waals surface area contributed by atoms with Crippen molar-refractivity contribution in [1.82, 2.24) is 9.55 Å². The number of carboxylic acids is 2. The average molecular weight is 390 g/mol. The number of hydrogen-bond donors (Lipinski definition) is 2. The van der Waals surface area contributed by atoms with Crippen molar-refractivity contribution >= 4 is 23.0 Å². The summed E-state index contributed by atoms with van der Waals surface area (Å²) in [6, 6.07) is 17.0. The number of benzene rings is 3. The molecule has 0 amide bonds. The zero-order valence-corrected chi connectivity index (χ0v) is 15.0. The van der Waals surface area contributed by atoms with Crippen LogP contribution in [0.25, 0.3) is 22.4 Å². The van der Waals surface area contributed by atoms with Gasteiger partial charge < -0.3 is 14.8 Å². The summed E-state index contributed by atoms with van der Waals surface area (Å²) in [7, 11) is 0. The van der Waals surface area contributed by atoms with Gasteiger partial charge in [0.1, 0.15) is 11.6 Å². The van der Waals surface area contributed by atoms with Crippen LogP contribution in [0.1, 0.15) is 26.3 Å². The molecule has 3 aromatic carbocycles. The van der Waals surface area contributed by atoms with Gasteiger partial charge in [-0.15, -0.1) is 0 Å². The van der Waals surface area contributed by atoms with E-state index in [0.717, 1.165) is 5.56 Å². The fraction of sp³-hybridized carbons (Fsp3) is 0.0455. The van der Waals surface area contributed by atoms with Crippen LogP contribution < -0.4 is 0 Å². The molecule has 0 bridgehead atoms. The van der Waals surface area contributed by atoms with Crippen LogP contribution in [0.5, 0.6) is 0 Å². The highest BCUT2D eigenvalue weighted by atomic mass is 19.1. The first kappa shape index (κ1) is 18.4. The SMILES string of the molecule is O=C(O)c1cccc(-c2nc3cc(C(=O)O)ccc3n2Cc2ccc(F)cc2)c1. The third kappa shape index (κ3) is 3.58. The summed E-state index contributed by atoms with van der Waals surface area (Å²) in [6.45, 7) is 0.357. The number of hydrogen-bond acceptors (Lipinski definition) is 3. The van der Waals surface area contributed by atoms with E-state index in [-0.39, 0.29) is 16.9 Å². The molecule has 0 atom stereocenters. The van der Waals surface area contributed by atoms with Crippen molar-refractivity contribution in [3.05, 3.63) is 89.2 Å². The summed E-state index contributed by atoms with van der Waals surface area (Å²) in [5.41, 5.74) is 2.80. The number of imidazole rings is 1. The minimum atomic E-state index is -1.06. The maximum Gasteiger partial charge on any atom is 0.335 e. The average Bonchev–Trinajstić information content (AvgIpc) is 3.07. The second-order valence-electron chi connectivity index (χ2n) is 6.54. The molecule has 0 unspecified atom stereocenters. The number of carbonyl (C=O) groups is 2. The van der Waals surface area contributed by atoms with Crippen molar-refractivity contribution in [2.75, 3.05) is 0 Å². The topological polar surface area (TPSA) is 92.4 Å². The van der Waals surface area contributed by atoms with E-state index in [4.69, 9.17) is 0 Å². The van der Waals surface area contributed by atoms with Gasteiger partial charge in [0.05, 0.1) is 22.2 Å². The first-order chi connectivity index (χ1) is 13.9. The molecular formula is C22H15FN2O4. The van der Waals surface area contributed by atoms with Crippen LogP contribution in [0.4, 0.5) is 4.39 Å². The van der Waals surface area contributed by atoms with Crippen molar-refractivity contribution < 1.29 is 24.2 Å². The van der Waals surface area contributed by atoms with Gasteiger partial charge in [0.15, 0.2) is 0 Å². The molecule has 1 aromatic heterocycles. The van der Waals surface area contributed by atoms with Crippen LogP contribution in [0.2, 0.25) is 0 Å². The number of rotatable bonds is 5. The Hall–Kier alpha value is -4.00. The van der Waals surface area contributed by atoms with Crippen molar-refractivity contribution in [3.63, 3.8) is 0 Å². The fourth-order valence-electron chi connectivity index (χ4n) is 3.21. The molecule has 0 aliphatic rings. The molecule has 2 N–H and O–H groups in total. The Balaban J connectivity index is 1.91. The molecule has 0 radical (unpaired) electrons. The van der Waals surface area contributed by atoms with Gasteiger partial charge in [0.25, 0.3) is 0 Å². The zero-order valence-electron chi connectivity index (χ0n) is 15.0. The summed E-state index contributed by atoms with van der Waals surface area (Å²) < 4.78 is 15.1. The Labute approximate surface area is 164 Å². The molecule has 1 heterocycles. The Morgan fingerprint density at radius 3 is 2.28 bits per heavy atom. The quantitative estimate of drug-likeness (QED) is 0.530. The Morgan fingerprint density at radius 2 is 1.59 bits per heavy atom. The standard InChI is InChI=1S/C22H15FN2O4/c23-17-7-4-13(5-8-17)12-25-19-9-6-16(22(28)29)11-18(19)24-20(25)14-2-1-3-15(10-14)21(26)27/h1-11H,12H2,(H,26,27)(H,28,29). The second kappa shape index (κ2) is 7.20. The van der Waals surface area contributed by atoms with E-state index >= 15 is 0 Å². The van der Waals surface area contributed by atoms with Crippen LogP contribution in [0.3, 0.4) is 0 Å². The van der Waals surface area contributed by atoms with E-state index in [2.05, 4.69) is 4.98 Å². The Bertz CT molecular complexity index is 1250. The van der Waals surface area contributed by atoms with Crippen LogP contribution >= 0.6 is 0 Å². The van der Waals surface area contributed by atoms with E-state index in [1.807, 2.05) is 4.57 Å². The van der Waals surface area contributed by atoms with Crippen LogP contribution in [-0.4, -0.2) is 31.7 Å². The largest absolute Gasteiger partial charge is 0.478 e. The molecule has 6 nitrogen and oxygen atoms in total. The molecule has 4 rings (SSSR count). The molecule has 0 spiro atoms. The zero-order chi connectivity index (χ0) is 20.5. The second-order valence-corrected chi connectivity index (χ2v) is 6.54. The van der Waals surface area contributed by atoms with Crippen molar-refractivity contribution in [2.24, 2.45) is 0 Å². The van der Waals surface area contributed by atoms with Gasteiger partial charge in [-0.1, -0.05) is 24.3 Å². The van der Waals surface area contributed by atoms with Gasteiger partial charge in [0, 0.05) is 12.1 Å². The lowest BCUT2D eigenvalue weighted by molar-refractivity contribution is 0.0686. The lowest BCUT2D eigenvalue weighted by atomic mass is 10.1. The smallest absolute Gasteiger partial charge is 0.335 e. The van der Waals surface area contributed by atoms with Crippen molar-refractivity contribution in [2.45, 2.75) is 6.54 Å². The van der Waals surface area contributed by atoms with Crippen molar-refractivity contribution in [3.8, 4) is 11.4 Å². The van der Waals surface area contributed by atoms with E-state index in [9.17, 15) is 24.2 Å². The number of aromatic carboxylic acids is 2. The van der Waals surface area contributed by atoms with Crippen LogP contribution in [0, 0.1) is 5.82 Å². The maximum atomic E-state index is 13.3. The minimum Gasteiger partial charge on any atom is -0.478 e. The highest BCUT2D eigenvalue weighted by Gasteiger charge is 2.16. The lowest BCUT2D eigenvalue weighted by Gasteiger charge is -2.10. The van der Waals surface area contributed by atoms with Crippen LogP contribution in [-0.2, 0) is 6.54 Å². The van der Waals surface area contributed by atoms with Gasteiger partial charge in [0.2, 0.25) is 0 Å². The monoisotopic (exact) mass is 390 g/mol. The Morgan fingerprint density at radius 1 is 0.897 bits per heavy atom. The third-order valence-corrected chi connectivity index (χ3v) is 4.62. The molecule has 0 aliphatic heterocycles. The van der Waals surface area contributed by atoms with Crippen LogP contribution in [0.15, 0.2) is 66.7 Å². The predicted octanol–water partition coefficient (Wildman–Crippen LogP) is 4.29. The summed E-state index contributed by atoms with van der Waals surface area (Å²) in [6.07, 6.45) is 0. The van der Waals surface area contributed by atoms with E-state index in [1.54, 1.807) is 30.3 Å². The van der Waals surface area contributed by atoms with Gasteiger partial charge in [-0.25, -0.2) is 19.0 Å². The molecule has 144 valence electrons. The molecule has 0 saturated carbocycles. The van der Waals surface area contributed by atoms with Gasteiger partial charge in [-0.05, 0) is 48.0 Å². The number of carboxylic acid groups (broad SMARTS) is 2. The molecular weight excluding hydrogens is 375 g/mol. The predicted molar refractivity (Wildman–Crippen MR) is 105 cm³/mol. The number of aromatic nitrogens is 2. The molecule has 0 fully saturated rings. The van der Waals surface area contributed by atoms with E-state index < -0.39 is 11.9 Å². The summed E-state index contributed by atoms with van der Waals surface area (Å²) >= 11 is 0. The van der Waals surface area contributed by atoms with Gasteiger partial charge >= 0.3 is 11.9 Å². The third-order valence-electron chi connectivity index (χ3n) is 4.62. The summed E-state index contributed by atoms with van der Waals surface area (Å²) in [4.78, 5) is 27.2. The fourth-order valence-corrected chi connectivity index (χ4v) is 3.21. The molecule has 29 heavy (non-hydrogen) atoms. The molecule has 4 aromatic rings. The molecule has 0 saturated heterocycles. The molecule has 7 heteroatoms. The van der Waals surface area contributed by atoms with Crippen molar-refractivity contribution in [1.29, 1.82) is 0 Å². The number of nitrogens with zero attached hydrogens (tertiary/aromatic N) is 2. The number of halogens is 1. The summed E-state index contributed by atoms with van der Waals surface area (Å²) in [5, 5.41) is 18.6. The maximum absolute atomic E-state index is 13.3. The first-order valence-corrected chi connectivity index (χ1v) is 8.74. The number of fused-ring (bicyclic) bond motifs is 1. The highest BCUT2D eigenvalue weighted by Crippen LogP contribution is 2.27. The van der Waals surface area contributed by atoms with E-state index in [1.165, 1.54) is 36.4 Å². The van der Waals surface area contributed by atoms with Gasteiger partial charge in [-0.3, -0.25) is 0 Å². The minimum absolute atomic E-state index is 0.106. The lowest BCUT2D eigenvalue weighted by Crippen LogP contribution is -2.03. The molecule has 0 aliphatic carbocycles. The van der Waals surface area contributed by atoms with Gasteiger partial charge in [-0.2, -0.15) is 0 Å². The normalized spacial score (nSPS) is 10.9.